The van der Waals surface area contributed by atoms with Crippen molar-refractivity contribution in [2.75, 3.05) is 45.8 Å². The Balaban J connectivity index is 2.47. The van der Waals surface area contributed by atoms with Crippen molar-refractivity contribution >= 4 is 12.0 Å². The highest BCUT2D eigenvalue weighted by Crippen LogP contribution is 2.41. The number of rotatable bonds is 2. The first-order valence-corrected chi connectivity index (χ1v) is 8.86. The fraction of sp³-hybridized carbons (Fsp3) is 0.882. The Morgan fingerprint density at radius 1 is 1.08 bits per heavy atom. The van der Waals surface area contributed by atoms with Crippen molar-refractivity contribution in [2.24, 2.45) is 5.41 Å². The summed E-state index contributed by atoms with van der Waals surface area (Å²) in [5, 5.41) is 13.1. The van der Waals surface area contributed by atoms with E-state index in [1.807, 2.05) is 25.7 Å². The topological polar surface area (TPSA) is 76.1 Å². The molecule has 0 aromatic heterocycles. The number of carboxylic acid groups (broad SMARTS) is 1. The molecule has 0 aromatic carbocycles. The zero-order valence-electron chi connectivity index (χ0n) is 15.6. The minimum absolute atomic E-state index is 0.0516. The first-order valence-electron chi connectivity index (χ1n) is 8.86. The second kappa shape index (κ2) is 6.88. The maximum Gasteiger partial charge on any atom is 0.408 e. The quantitative estimate of drug-likeness (QED) is 0.781. The van der Waals surface area contributed by atoms with Crippen molar-refractivity contribution in [1.29, 1.82) is 0 Å². The highest BCUT2D eigenvalue weighted by Gasteiger charge is 2.58. The summed E-state index contributed by atoms with van der Waals surface area (Å²) in [5.74, 6) is -0.0516. The van der Waals surface area contributed by atoms with Crippen LogP contribution in [0, 0.1) is 5.41 Å². The average Bonchev–Trinajstić information content (AvgIpc) is 2.53. The summed E-state index contributed by atoms with van der Waals surface area (Å²) in [6.45, 7) is 14.4. The average molecular weight is 340 g/mol. The van der Waals surface area contributed by atoms with Gasteiger partial charge in [0.05, 0.1) is 0 Å². The fourth-order valence-electron chi connectivity index (χ4n) is 3.85. The van der Waals surface area contributed by atoms with Crippen molar-refractivity contribution in [2.45, 2.75) is 46.2 Å². The molecule has 2 rings (SSSR count). The first-order chi connectivity index (χ1) is 11.1. The SMILES string of the molecule is CC(C)N1CCN(C(=O)O)[C@](C(=O)N2CCNCC2)(C(C)(C)C)C1. The maximum absolute atomic E-state index is 13.6. The van der Waals surface area contributed by atoms with E-state index in [0.717, 1.165) is 13.1 Å². The molecule has 2 aliphatic heterocycles. The zero-order chi connectivity index (χ0) is 18.1. The van der Waals surface area contributed by atoms with Gasteiger partial charge in [0.25, 0.3) is 5.91 Å². The molecule has 2 saturated heterocycles. The van der Waals surface area contributed by atoms with E-state index >= 15 is 0 Å². The lowest BCUT2D eigenvalue weighted by Crippen LogP contribution is -2.76. The molecule has 0 unspecified atom stereocenters. The van der Waals surface area contributed by atoms with Crippen molar-refractivity contribution in [1.82, 2.24) is 20.0 Å². The van der Waals surface area contributed by atoms with Gasteiger partial charge in [0, 0.05) is 51.9 Å². The van der Waals surface area contributed by atoms with Gasteiger partial charge in [0.15, 0.2) is 0 Å². The highest BCUT2D eigenvalue weighted by atomic mass is 16.4. The maximum atomic E-state index is 13.6. The van der Waals surface area contributed by atoms with Crippen molar-refractivity contribution < 1.29 is 14.7 Å². The van der Waals surface area contributed by atoms with Crippen LogP contribution in [0.25, 0.3) is 0 Å². The molecule has 24 heavy (non-hydrogen) atoms. The van der Waals surface area contributed by atoms with Crippen molar-refractivity contribution in [3.63, 3.8) is 0 Å². The molecule has 0 aromatic rings. The van der Waals surface area contributed by atoms with E-state index < -0.39 is 17.0 Å². The summed E-state index contributed by atoms with van der Waals surface area (Å²) >= 11 is 0. The van der Waals surface area contributed by atoms with E-state index in [-0.39, 0.29) is 11.9 Å². The third-order valence-corrected chi connectivity index (χ3v) is 5.46. The molecule has 2 aliphatic rings. The molecule has 0 radical (unpaired) electrons. The van der Waals surface area contributed by atoms with Crippen LogP contribution < -0.4 is 5.32 Å². The van der Waals surface area contributed by atoms with Crippen LogP contribution in [0.5, 0.6) is 0 Å². The van der Waals surface area contributed by atoms with Crippen LogP contribution in [-0.4, -0.2) is 89.2 Å². The summed E-state index contributed by atoms with van der Waals surface area (Å²) in [5.41, 5.74) is -1.56. The van der Waals surface area contributed by atoms with Gasteiger partial charge in [0.2, 0.25) is 0 Å². The molecule has 2 N–H and O–H groups in total. The van der Waals surface area contributed by atoms with E-state index in [2.05, 4.69) is 24.1 Å². The predicted molar refractivity (Wildman–Crippen MR) is 93.1 cm³/mol. The molecule has 2 amide bonds. The summed E-state index contributed by atoms with van der Waals surface area (Å²) < 4.78 is 0. The van der Waals surface area contributed by atoms with Crippen LogP contribution in [-0.2, 0) is 4.79 Å². The van der Waals surface area contributed by atoms with Crippen LogP contribution in [0.3, 0.4) is 0 Å². The van der Waals surface area contributed by atoms with Gasteiger partial charge >= 0.3 is 6.09 Å². The number of carbonyl (C=O) groups excluding carboxylic acids is 1. The van der Waals surface area contributed by atoms with Gasteiger partial charge in [-0.15, -0.1) is 0 Å². The van der Waals surface area contributed by atoms with Crippen molar-refractivity contribution in [3.05, 3.63) is 0 Å². The van der Waals surface area contributed by atoms with Crippen molar-refractivity contribution in [3.8, 4) is 0 Å². The zero-order valence-corrected chi connectivity index (χ0v) is 15.6. The Bertz CT molecular complexity index is 483. The van der Waals surface area contributed by atoms with Crippen LogP contribution in [0.4, 0.5) is 4.79 Å². The smallest absolute Gasteiger partial charge is 0.408 e. The molecule has 2 heterocycles. The van der Waals surface area contributed by atoms with E-state index in [9.17, 15) is 14.7 Å². The second-order valence-electron chi connectivity index (χ2n) is 8.15. The Morgan fingerprint density at radius 2 is 1.67 bits per heavy atom. The lowest BCUT2D eigenvalue weighted by molar-refractivity contribution is -0.159. The van der Waals surface area contributed by atoms with Gasteiger partial charge in [-0.05, 0) is 19.3 Å². The molecule has 7 heteroatoms. The molecule has 2 fully saturated rings. The minimum Gasteiger partial charge on any atom is -0.465 e. The molecular weight excluding hydrogens is 308 g/mol. The van der Waals surface area contributed by atoms with Gasteiger partial charge in [-0.1, -0.05) is 20.8 Å². The molecule has 0 spiro atoms. The van der Waals surface area contributed by atoms with E-state index in [4.69, 9.17) is 0 Å². The van der Waals surface area contributed by atoms with Gasteiger partial charge < -0.3 is 15.3 Å². The Hall–Kier alpha value is -1.34. The standard InChI is InChI=1S/C17H32N4O3/c1-13(2)20-10-11-21(15(23)24)17(12-20,16(3,4)5)14(22)19-8-6-18-7-9-19/h13,18H,6-12H2,1-5H3,(H,23,24)/t17-/m1/s1. The molecule has 0 bridgehead atoms. The van der Waals surface area contributed by atoms with Crippen LogP contribution in [0.15, 0.2) is 0 Å². The van der Waals surface area contributed by atoms with Gasteiger partial charge in [-0.2, -0.15) is 0 Å². The van der Waals surface area contributed by atoms with E-state index in [1.165, 1.54) is 4.90 Å². The molecule has 1 atom stereocenters. The van der Waals surface area contributed by atoms with Gasteiger partial charge in [-0.25, -0.2) is 4.79 Å². The number of nitrogens with one attached hydrogen (secondary N) is 1. The van der Waals surface area contributed by atoms with Crippen LogP contribution >= 0.6 is 0 Å². The summed E-state index contributed by atoms with van der Waals surface area (Å²) in [6.07, 6.45) is -1.00. The number of nitrogens with zero attached hydrogens (tertiary/aromatic N) is 3. The third-order valence-electron chi connectivity index (χ3n) is 5.46. The molecule has 0 aliphatic carbocycles. The number of hydrogen-bond donors (Lipinski definition) is 2. The second-order valence-corrected chi connectivity index (χ2v) is 8.15. The molecular formula is C17H32N4O3. The monoisotopic (exact) mass is 340 g/mol. The fourth-order valence-corrected chi connectivity index (χ4v) is 3.85. The lowest BCUT2D eigenvalue weighted by atomic mass is 9.69. The Morgan fingerprint density at radius 3 is 2.12 bits per heavy atom. The summed E-state index contributed by atoms with van der Waals surface area (Å²) in [6, 6.07) is 0.276. The predicted octanol–water partition coefficient (Wildman–Crippen LogP) is 0.907. The molecule has 7 nitrogen and oxygen atoms in total. The minimum atomic E-state index is -1.06. The normalized spacial score (nSPS) is 26.8. The molecule has 138 valence electrons. The van der Waals surface area contributed by atoms with E-state index in [0.29, 0.717) is 32.7 Å². The molecule has 0 saturated carbocycles. The summed E-state index contributed by atoms with van der Waals surface area (Å²) in [4.78, 5) is 31.0. The largest absolute Gasteiger partial charge is 0.465 e. The number of amides is 2. The number of carbonyl (C=O) groups is 2. The Kier molecular flexibility index (Phi) is 5.44. The third kappa shape index (κ3) is 3.24. The Labute approximate surface area is 145 Å². The lowest BCUT2D eigenvalue weighted by Gasteiger charge is -2.56. The number of piperazine rings is 2. The van der Waals surface area contributed by atoms with Gasteiger partial charge in [0.1, 0.15) is 5.54 Å². The van der Waals surface area contributed by atoms with Crippen LogP contribution in [0.2, 0.25) is 0 Å². The van der Waals surface area contributed by atoms with E-state index in [1.54, 1.807) is 0 Å². The summed E-state index contributed by atoms with van der Waals surface area (Å²) in [7, 11) is 0. The first kappa shape index (κ1) is 19.0. The highest BCUT2D eigenvalue weighted by molar-refractivity contribution is 5.91. The number of hydrogen-bond acceptors (Lipinski definition) is 4. The van der Waals surface area contributed by atoms with Crippen LogP contribution in [0.1, 0.15) is 34.6 Å². The van der Waals surface area contributed by atoms with Gasteiger partial charge in [-0.3, -0.25) is 14.6 Å².